The number of hydrogen-bond donors (Lipinski definition) is 3. The number of Topliss-reactive ketones (excluding diaryl/α,β-unsaturated/α-hetero) is 1. The number of ether oxygens (including phenoxy) is 1. The topological polar surface area (TPSA) is 104 Å². The summed E-state index contributed by atoms with van der Waals surface area (Å²) in [6.07, 6.45) is -0.577. The van der Waals surface area contributed by atoms with Crippen LogP contribution in [0.15, 0.2) is 12.1 Å². The lowest BCUT2D eigenvalue weighted by molar-refractivity contribution is 0.0596. The van der Waals surface area contributed by atoms with Crippen LogP contribution in [-0.2, 0) is 11.2 Å². The Labute approximate surface area is 131 Å². The third-order valence-corrected chi connectivity index (χ3v) is 4.26. The molecule has 120 valence electrons. The lowest BCUT2D eigenvalue weighted by Gasteiger charge is -2.22. The Morgan fingerprint density at radius 1 is 1.26 bits per heavy atom. The third kappa shape index (κ3) is 2.22. The second-order valence-corrected chi connectivity index (χ2v) is 5.73. The van der Waals surface area contributed by atoms with Crippen LogP contribution in [0.1, 0.15) is 38.3 Å². The molecule has 0 saturated heterocycles. The average Bonchev–Trinajstić information content (AvgIpc) is 2.45. The summed E-state index contributed by atoms with van der Waals surface area (Å²) in [5, 5.41) is 31.2. The molecule has 1 atom stereocenters. The number of carbonyl (C=O) groups is 2. The number of methoxy groups -OCH3 is 1. The molecule has 0 heterocycles. The lowest BCUT2D eigenvalue weighted by Crippen LogP contribution is -2.24. The van der Waals surface area contributed by atoms with Crippen LogP contribution in [0.4, 0.5) is 0 Å². The molecular formula is C17H16O6. The molecule has 0 aliphatic heterocycles. The maximum absolute atomic E-state index is 12.2. The van der Waals surface area contributed by atoms with Crippen LogP contribution in [0.3, 0.4) is 0 Å². The van der Waals surface area contributed by atoms with Crippen LogP contribution in [0.5, 0.6) is 11.5 Å². The molecular weight excluding hydrogens is 300 g/mol. The number of esters is 1. The molecule has 3 rings (SSSR count). The van der Waals surface area contributed by atoms with Crippen molar-refractivity contribution in [1.82, 2.24) is 0 Å². The Balaban J connectivity index is 2.39. The number of phenolic OH excluding ortho intramolecular Hbond substituents is 2. The Hall–Kier alpha value is -2.60. The van der Waals surface area contributed by atoms with Crippen molar-refractivity contribution in [3.05, 3.63) is 34.4 Å². The largest absolute Gasteiger partial charge is 0.507 e. The fraction of sp³-hybridized carbons (Fsp3) is 0.294. The minimum Gasteiger partial charge on any atom is -0.507 e. The number of aryl methyl sites for hydroxylation is 1. The van der Waals surface area contributed by atoms with E-state index in [1.165, 1.54) is 13.2 Å². The summed E-state index contributed by atoms with van der Waals surface area (Å²) in [6.45, 7) is 1.57. The van der Waals surface area contributed by atoms with E-state index in [9.17, 15) is 24.9 Å². The van der Waals surface area contributed by atoms with Gasteiger partial charge in [-0.2, -0.15) is 0 Å². The monoisotopic (exact) mass is 316 g/mol. The van der Waals surface area contributed by atoms with Crippen LogP contribution in [-0.4, -0.2) is 40.3 Å². The minimum atomic E-state index is -0.782. The molecule has 23 heavy (non-hydrogen) atoms. The number of rotatable bonds is 1. The van der Waals surface area contributed by atoms with E-state index in [0.29, 0.717) is 21.9 Å². The normalized spacial score (nSPS) is 17.2. The van der Waals surface area contributed by atoms with E-state index in [1.807, 2.05) is 0 Å². The fourth-order valence-corrected chi connectivity index (χ4v) is 3.26. The number of fused-ring (bicyclic) bond motifs is 2. The van der Waals surface area contributed by atoms with Crippen molar-refractivity contribution >= 4 is 22.5 Å². The van der Waals surface area contributed by atoms with Gasteiger partial charge in [-0.15, -0.1) is 0 Å². The van der Waals surface area contributed by atoms with Crippen molar-refractivity contribution in [3.8, 4) is 11.5 Å². The molecule has 2 aromatic carbocycles. The van der Waals surface area contributed by atoms with E-state index in [0.717, 1.165) is 0 Å². The maximum Gasteiger partial charge on any atom is 0.341 e. The highest BCUT2D eigenvalue weighted by molar-refractivity contribution is 6.10. The number of ketones is 1. The molecule has 3 N–H and O–H groups in total. The van der Waals surface area contributed by atoms with Gasteiger partial charge in [0.2, 0.25) is 0 Å². The Bertz CT molecular complexity index is 852. The first-order valence-electron chi connectivity index (χ1n) is 7.15. The molecule has 0 radical (unpaired) electrons. The lowest BCUT2D eigenvalue weighted by atomic mass is 9.84. The number of hydrogen-bond acceptors (Lipinski definition) is 6. The average molecular weight is 316 g/mol. The second-order valence-electron chi connectivity index (χ2n) is 5.73. The number of phenols is 2. The van der Waals surface area contributed by atoms with Crippen molar-refractivity contribution < 1.29 is 29.6 Å². The molecule has 0 bridgehead atoms. The molecule has 0 aromatic heterocycles. The highest BCUT2D eigenvalue weighted by Crippen LogP contribution is 2.41. The first-order valence-corrected chi connectivity index (χ1v) is 7.15. The van der Waals surface area contributed by atoms with Gasteiger partial charge in [0.25, 0.3) is 0 Å². The molecule has 0 amide bonds. The summed E-state index contributed by atoms with van der Waals surface area (Å²) in [7, 11) is 1.20. The van der Waals surface area contributed by atoms with Crippen LogP contribution in [0.2, 0.25) is 0 Å². The zero-order chi connectivity index (χ0) is 16.9. The van der Waals surface area contributed by atoms with E-state index in [2.05, 4.69) is 4.74 Å². The number of aromatic hydroxyl groups is 2. The van der Waals surface area contributed by atoms with E-state index in [4.69, 9.17) is 0 Å². The molecule has 0 unspecified atom stereocenters. The van der Waals surface area contributed by atoms with Gasteiger partial charge < -0.3 is 20.1 Å². The number of carbonyl (C=O) groups excluding carboxylic acids is 2. The predicted molar refractivity (Wildman–Crippen MR) is 82.0 cm³/mol. The van der Waals surface area contributed by atoms with Gasteiger partial charge in [-0.3, -0.25) is 4.79 Å². The first-order chi connectivity index (χ1) is 10.8. The Morgan fingerprint density at radius 2 is 1.96 bits per heavy atom. The third-order valence-electron chi connectivity index (χ3n) is 4.26. The van der Waals surface area contributed by atoms with Gasteiger partial charge in [0.1, 0.15) is 17.1 Å². The van der Waals surface area contributed by atoms with Crippen molar-refractivity contribution in [2.45, 2.75) is 25.9 Å². The first kappa shape index (κ1) is 15.3. The fourth-order valence-electron chi connectivity index (χ4n) is 3.26. The molecule has 0 spiro atoms. The molecule has 0 fully saturated rings. The molecule has 0 saturated carbocycles. The highest BCUT2D eigenvalue weighted by Gasteiger charge is 2.29. The van der Waals surface area contributed by atoms with Crippen molar-refractivity contribution in [1.29, 1.82) is 0 Å². The van der Waals surface area contributed by atoms with Gasteiger partial charge in [0, 0.05) is 11.8 Å². The van der Waals surface area contributed by atoms with E-state index in [1.54, 1.807) is 13.0 Å². The van der Waals surface area contributed by atoms with Crippen LogP contribution >= 0.6 is 0 Å². The van der Waals surface area contributed by atoms with E-state index >= 15 is 0 Å². The molecule has 6 nitrogen and oxygen atoms in total. The van der Waals surface area contributed by atoms with Crippen LogP contribution < -0.4 is 0 Å². The molecule has 2 aromatic rings. The summed E-state index contributed by atoms with van der Waals surface area (Å²) in [5.41, 5.74) is 1.00. The van der Waals surface area contributed by atoms with Gasteiger partial charge in [-0.05, 0) is 42.0 Å². The zero-order valence-electron chi connectivity index (χ0n) is 12.7. The summed E-state index contributed by atoms with van der Waals surface area (Å²) in [4.78, 5) is 24.0. The van der Waals surface area contributed by atoms with Crippen molar-refractivity contribution in [3.63, 3.8) is 0 Å². The summed E-state index contributed by atoms with van der Waals surface area (Å²) < 4.78 is 4.65. The van der Waals surface area contributed by atoms with Gasteiger partial charge >= 0.3 is 5.97 Å². The molecule has 6 heteroatoms. The van der Waals surface area contributed by atoms with Gasteiger partial charge in [-0.1, -0.05) is 0 Å². The minimum absolute atomic E-state index is 0.0430. The van der Waals surface area contributed by atoms with Crippen molar-refractivity contribution in [2.24, 2.45) is 0 Å². The summed E-state index contributed by atoms with van der Waals surface area (Å²) >= 11 is 0. The highest BCUT2D eigenvalue weighted by atomic mass is 16.5. The SMILES string of the molecule is COC(=O)c1c(O)cc2cc3c(c(O)c2c1C)C(=O)C[C@@H](O)C3. The van der Waals surface area contributed by atoms with Gasteiger partial charge in [0.05, 0.1) is 18.8 Å². The summed E-state index contributed by atoms with van der Waals surface area (Å²) in [5.74, 6) is -1.55. The van der Waals surface area contributed by atoms with Crippen molar-refractivity contribution in [2.75, 3.05) is 7.11 Å². The number of aliphatic hydroxyl groups excluding tert-OH is 1. The van der Waals surface area contributed by atoms with E-state index in [-0.39, 0.29) is 41.3 Å². The zero-order valence-corrected chi connectivity index (χ0v) is 12.7. The Morgan fingerprint density at radius 3 is 2.61 bits per heavy atom. The van der Waals surface area contributed by atoms with Gasteiger partial charge in [-0.25, -0.2) is 4.79 Å². The predicted octanol–water partition coefficient (Wildman–Crippen LogP) is 1.84. The van der Waals surface area contributed by atoms with Gasteiger partial charge in [0.15, 0.2) is 5.78 Å². The second kappa shape index (κ2) is 5.24. The molecule has 1 aliphatic carbocycles. The number of aliphatic hydroxyl groups is 1. The quantitative estimate of drug-likeness (QED) is 0.693. The standard InChI is InChI=1S/C17H16O6/c1-7-13-9(5-11(19)14(7)17(22)23-2)3-8-4-10(18)6-12(20)15(8)16(13)21/h3,5,10,18-19,21H,4,6H2,1-2H3/t10-/m0/s1. The number of benzene rings is 2. The van der Waals surface area contributed by atoms with Crippen LogP contribution in [0, 0.1) is 6.92 Å². The van der Waals surface area contributed by atoms with Crippen LogP contribution in [0.25, 0.3) is 10.8 Å². The Kier molecular flexibility index (Phi) is 3.49. The molecule has 1 aliphatic rings. The summed E-state index contributed by atoms with van der Waals surface area (Å²) in [6, 6.07) is 3.00. The smallest absolute Gasteiger partial charge is 0.341 e. The van der Waals surface area contributed by atoms with E-state index < -0.39 is 12.1 Å². The maximum atomic E-state index is 12.2.